The first-order chi connectivity index (χ1) is 11.8. The quantitative estimate of drug-likeness (QED) is 0.277. The largest absolute Gasteiger partial charge is 0.506 e. The molecule has 1 amide bonds. The molecular weight excluding hydrogens is 320 g/mol. The van der Waals surface area contributed by atoms with Crippen molar-refractivity contribution in [3.63, 3.8) is 0 Å². The van der Waals surface area contributed by atoms with Gasteiger partial charge in [0.05, 0.1) is 18.5 Å². The third kappa shape index (κ3) is 4.33. The molecule has 0 saturated heterocycles. The molecular formula is C18H24N4O3. The molecule has 7 heteroatoms. The fourth-order valence-corrected chi connectivity index (χ4v) is 2.45. The first kappa shape index (κ1) is 18.4. The Morgan fingerprint density at radius 1 is 1.32 bits per heavy atom. The number of hydrogen-bond donors (Lipinski definition) is 4. The molecule has 0 bridgehead atoms. The van der Waals surface area contributed by atoms with Crippen molar-refractivity contribution in [2.75, 3.05) is 29.7 Å². The summed E-state index contributed by atoms with van der Waals surface area (Å²) in [6.45, 7) is 4.75. The Bertz CT molecular complexity index is 762. The average Bonchev–Trinajstić information content (AvgIpc) is 2.55. The van der Waals surface area contributed by atoms with Crippen LogP contribution in [0.4, 0.5) is 17.1 Å². The summed E-state index contributed by atoms with van der Waals surface area (Å²) in [7, 11) is 1.46. The summed E-state index contributed by atoms with van der Waals surface area (Å²) in [6.07, 6.45) is 0. The molecule has 0 aliphatic heterocycles. The summed E-state index contributed by atoms with van der Waals surface area (Å²) in [6, 6.07) is 9.62. The van der Waals surface area contributed by atoms with Gasteiger partial charge in [0.2, 0.25) is 0 Å². The van der Waals surface area contributed by atoms with E-state index in [0.29, 0.717) is 35.2 Å². The number of nitrogens with two attached hydrogens (primary N) is 2. The van der Waals surface area contributed by atoms with Gasteiger partial charge in [-0.2, -0.15) is 0 Å². The number of hydrazine groups is 1. The van der Waals surface area contributed by atoms with Crippen molar-refractivity contribution >= 4 is 23.0 Å². The molecule has 2 rings (SSSR count). The van der Waals surface area contributed by atoms with Gasteiger partial charge in [-0.3, -0.25) is 4.79 Å². The van der Waals surface area contributed by atoms with Gasteiger partial charge in [-0.25, -0.2) is 5.84 Å². The first-order valence-corrected chi connectivity index (χ1v) is 7.92. The maximum atomic E-state index is 12.5. The Labute approximate surface area is 147 Å². The molecule has 7 nitrogen and oxygen atoms in total. The third-order valence-corrected chi connectivity index (χ3v) is 3.62. The maximum absolute atomic E-state index is 12.5. The van der Waals surface area contributed by atoms with E-state index >= 15 is 0 Å². The van der Waals surface area contributed by atoms with Crippen LogP contribution in [0.25, 0.3) is 0 Å². The monoisotopic (exact) mass is 344 g/mol. The molecule has 0 aliphatic rings. The molecule has 0 fully saturated rings. The van der Waals surface area contributed by atoms with E-state index < -0.39 is 5.91 Å². The lowest BCUT2D eigenvalue weighted by Crippen LogP contribution is -2.35. The standard InChI is InChI=1S/C18H24N4O3/c1-11(2)10-22(20)14-8-7-12(9-13(14)19)18(24)21-17-15(23)5-4-6-16(17)25-3/h4-9,11,23H,10,19-20H2,1-3H3,(H,21,24). The number of para-hydroxylation sites is 1. The highest BCUT2D eigenvalue weighted by atomic mass is 16.5. The summed E-state index contributed by atoms with van der Waals surface area (Å²) in [4.78, 5) is 12.5. The third-order valence-electron chi connectivity index (χ3n) is 3.62. The molecule has 6 N–H and O–H groups in total. The van der Waals surface area contributed by atoms with E-state index in [1.165, 1.54) is 13.2 Å². The normalized spacial score (nSPS) is 10.6. The van der Waals surface area contributed by atoms with Gasteiger partial charge >= 0.3 is 0 Å². The van der Waals surface area contributed by atoms with Gasteiger partial charge in [-0.05, 0) is 36.2 Å². The lowest BCUT2D eigenvalue weighted by molar-refractivity contribution is 0.102. The molecule has 0 atom stereocenters. The number of phenols is 1. The van der Waals surface area contributed by atoms with Gasteiger partial charge in [0.1, 0.15) is 17.2 Å². The van der Waals surface area contributed by atoms with Crippen LogP contribution >= 0.6 is 0 Å². The summed E-state index contributed by atoms with van der Waals surface area (Å²) in [5, 5.41) is 14.1. The Balaban J connectivity index is 2.22. The molecule has 0 spiro atoms. The van der Waals surface area contributed by atoms with E-state index in [0.717, 1.165) is 0 Å². The molecule has 0 radical (unpaired) electrons. The minimum atomic E-state index is -0.412. The van der Waals surface area contributed by atoms with E-state index in [-0.39, 0.29) is 11.4 Å². The fraction of sp³-hybridized carbons (Fsp3) is 0.278. The van der Waals surface area contributed by atoms with Crippen molar-refractivity contribution in [2.24, 2.45) is 11.8 Å². The van der Waals surface area contributed by atoms with Crippen LogP contribution in [0.3, 0.4) is 0 Å². The highest BCUT2D eigenvalue weighted by Crippen LogP contribution is 2.34. The SMILES string of the molecule is COc1cccc(O)c1NC(=O)c1ccc(N(N)CC(C)C)c(N)c1. The van der Waals surface area contributed by atoms with E-state index in [9.17, 15) is 9.90 Å². The van der Waals surface area contributed by atoms with E-state index in [1.54, 1.807) is 35.3 Å². The summed E-state index contributed by atoms with van der Waals surface area (Å²) in [5.74, 6) is 6.25. The summed E-state index contributed by atoms with van der Waals surface area (Å²) >= 11 is 0. The number of benzene rings is 2. The molecule has 134 valence electrons. The number of methoxy groups -OCH3 is 1. The number of carbonyl (C=O) groups is 1. The molecule has 2 aromatic carbocycles. The van der Waals surface area contributed by atoms with Crippen LogP contribution in [0, 0.1) is 5.92 Å². The zero-order valence-corrected chi connectivity index (χ0v) is 14.6. The molecule has 0 aliphatic carbocycles. The molecule has 2 aromatic rings. The summed E-state index contributed by atoms with van der Waals surface area (Å²) < 4.78 is 5.15. The molecule has 0 unspecified atom stereocenters. The van der Waals surface area contributed by atoms with Crippen LogP contribution < -0.4 is 26.6 Å². The number of phenolic OH excluding ortho intramolecular Hbond substituents is 1. The van der Waals surface area contributed by atoms with E-state index in [1.807, 2.05) is 0 Å². The number of nitrogens with zero attached hydrogens (tertiary/aromatic N) is 1. The van der Waals surface area contributed by atoms with Gasteiger partial charge in [0.15, 0.2) is 0 Å². The van der Waals surface area contributed by atoms with Crippen LogP contribution in [-0.2, 0) is 0 Å². The predicted molar refractivity (Wildman–Crippen MR) is 99.8 cm³/mol. The Hall–Kier alpha value is -2.93. The minimum Gasteiger partial charge on any atom is -0.506 e. The number of nitrogens with one attached hydrogen (secondary N) is 1. The lowest BCUT2D eigenvalue weighted by Gasteiger charge is -2.22. The van der Waals surface area contributed by atoms with Gasteiger partial charge in [-0.1, -0.05) is 19.9 Å². The maximum Gasteiger partial charge on any atom is 0.255 e. The Morgan fingerprint density at radius 3 is 2.64 bits per heavy atom. The second-order valence-corrected chi connectivity index (χ2v) is 6.13. The van der Waals surface area contributed by atoms with Crippen molar-refractivity contribution in [3.8, 4) is 11.5 Å². The number of anilines is 3. The Kier molecular flexibility index (Phi) is 5.71. The van der Waals surface area contributed by atoms with Crippen LogP contribution in [0.2, 0.25) is 0 Å². The second-order valence-electron chi connectivity index (χ2n) is 6.13. The first-order valence-electron chi connectivity index (χ1n) is 7.92. The molecule has 25 heavy (non-hydrogen) atoms. The van der Waals surface area contributed by atoms with Crippen molar-refractivity contribution in [3.05, 3.63) is 42.0 Å². The van der Waals surface area contributed by atoms with Crippen LogP contribution in [0.5, 0.6) is 11.5 Å². The minimum absolute atomic E-state index is 0.0811. The molecule has 0 aromatic heterocycles. The van der Waals surface area contributed by atoms with Gasteiger partial charge < -0.3 is 25.9 Å². The predicted octanol–water partition coefficient (Wildman–Crippen LogP) is 2.57. The number of rotatable bonds is 6. The highest BCUT2D eigenvalue weighted by Gasteiger charge is 2.15. The zero-order valence-electron chi connectivity index (χ0n) is 14.6. The van der Waals surface area contributed by atoms with Crippen LogP contribution in [0.1, 0.15) is 24.2 Å². The fourth-order valence-electron chi connectivity index (χ4n) is 2.45. The summed E-state index contributed by atoms with van der Waals surface area (Å²) in [5.41, 5.74) is 7.66. The molecule has 0 saturated carbocycles. The average molecular weight is 344 g/mol. The lowest BCUT2D eigenvalue weighted by atomic mass is 10.1. The Morgan fingerprint density at radius 2 is 2.04 bits per heavy atom. The van der Waals surface area contributed by atoms with Gasteiger partial charge in [0.25, 0.3) is 5.91 Å². The second kappa shape index (κ2) is 7.76. The topological polar surface area (TPSA) is 114 Å². The number of hydrogen-bond acceptors (Lipinski definition) is 6. The van der Waals surface area contributed by atoms with Gasteiger partial charge in [-0.15, -0.1) is 0 Å². The number of nitrogen functional groups attached to an aromatic ring is 1. The number of carbonyl (C=O) groups excluding carboxylic acids is 1. The smallest absolute Gasteiger partial charge is 0.255 e. The van der Waals surface area contributed by atoms with E-state index in [2.05, 4.69) is 19.2 Å². The zero-order chi connectivity index (χ0) is 18.6. The molecule has 0 heterocycles. The van der Waals surface area contributed by atoms with Crippen molar-refractivity contribution in [1.29, 1.82) is 0 Å². The van der Waals surface area contributed by atoms with Crippen molar-refractivity contribution < 1.29 is 14.6 Å². The van der Waals surface area contributed by atoms with Crippen LogP contribution in [0.15, 0.2) is 36.4 Å². The van der Waals surface area contributed by atoms with E-state index in [4.69, 9.17) is 16.3 Å². The number of aromatic hydroxyl groups is 1. The van der Waals surface area contributed by atoms with Crippen LogP contribution in [-0.4, -0.2) is 24.7 Å². The number of amides is 1. The van der Waals surface area contributed by atoms with Crippen molar-refractivity contribution in [2.45, 2.75) is 13.8 Å². The highest BCUT2D eigenvalue weighted by molar-refractivity contribution is 6.06. The van der Waals surface area contributed by atoms with Gasteiger partial charge in [0, 0.05) is 12.1 Å². The van der Waals surface area contributed by atoms with Crippen molar-refractivity contribution in [1.82, 2.24) is 0 Å². The number of ether oxygens (including phenoxy) is 1.